The first-order valence-corrected chi connectivity index (χ1v) is 6.17. The maximum Gasteiger partial charge on any atom is 0.253 e. The highest BCUT2D eigenvalue weighted by Gasteiger charge is 2.34. The number of nitrogens with zero attached hydrogens (tertiary/aromatic N) is 1. The highest BCUT2D eigenvalue weighted by Crippen LogP contribution is 2.38. The number of hydrogen-bond donors (Lipinski definition) is 1. The Morgan fingerprint density at radius 1 is 1.59 bits per heavy atom. The molecule has 4 heteroatoms. The molecule has 2 rings (SSSR count). The zero-order valence-corrected chi connectivity index (χ0v) is 10.9. The van der Waals surface area contributed by atoms with E-state index in [1.165, 1.54) is 6.42 Å². The molecule has 2 unspecified atom stereocenters. The molecule has 0 bridgehead atoms. The van der Waals surface area contributed by atoms with Gasteiger partial charge in [-0.15, -0.1) is 0 Å². The van der Waals surface area contributed by atoms with Gasteiger partial charge in [0.05, 0.1) is 10.7 Å². The molecular weight excluding hydrogens is 236 g/mol. The summed E-state index contributed by atoms with van der Waals surface area (Å²) in [5.74, 6) is 1.42. The minimum Gasteiger partial charge on any atom is -0.398 e. The number of anilines is 1. The lowest BCUT2D eigenvalue weighted by Crippen LogP contribution is -2.29. The first kappa shape index (κ1) is 12.2. The number of carbonyl (C=O) groups excluding carboxylic acids is 1. The molecular formula is C13H17ClN2O. The van der Waals surface area contributed by atoms with Crippen molar-refractivity contribution in [2.45, 2.75) is 13.3 Å². The summed E-state index contributed by atoms with van der Waals surface area (Å²) in [6.07, 6.45) is 1.22. The fourth-order valence-electron chi connectivity index (χ4n) is 1.99. The lowest BCUT2D eigenvalue weighted by atomic mass is 10.1. The Labute approximate surface area is 107 Å². The maximum atomic E-state index is 12.1. The van der Waals surface area contributed by atoms with Gasteiger partial charge in [0.2, 0.25) is 0 Å². The van der Waals surface area contributed by atoms with E-state index in [0.717, 1.165) is 12.5 Å². The third kappa shape index (κ3) is 2.72. The van der Waals surface area contributed by atoms with Crippen molar-refractivity contribution in [1.82, 2.24) is 4.90 Å². The molecule has 2 N–H and O–H groups in total. The van der Waals surface area contributed by atoms with E-state index in [-0.39, 0.29) is 5.91 Å². The Bertz CT molecular complexity index is 447. The van der Waals surface area contributed by atoms with Crippen LogP contribution in [0.1, 0.15) is 23.7 Å². The van der Waals surface area contributed by atoms with Crippen molar-refractivity contribution in [2.24, 2.45) is 11.8 Å². The monoisotopic (exact) mass is 252 g/mol. The van der Waals surface area contributed by atoms with E-state index in [1.54, 1.807) is 23.1 Å². The molecule has 0 heterocycles. The average Bonchev–Trinajstić information content (AvgIpc) is 2.97. The number of hydrogen-bond acceptors (Lipinski definition) is 2. The van der Waals surface area contributed by atoms with Crippen LogP contribution >= 0.6 is 11.6 Å². The van der Waals surface area contributed by atoms with E-state index in [1.807, 2.05) is 7.05 Å². The van der Waals surface area contributed by atoms with E-state index >= 15 is 0 Å². The second kappa shape index (κ2) is 4.57. The van der Waals surface area contributed by atoms with Crippen LogP contribution in [-0.4, -0.2) is 24.4 Å². The van der Waals surface area contributed by atoms with E-state index in [0.29, 0.717) is 22.2 Å². The number of carbonyl (C=O) groups is 1. The van der Waals surface area contributed by atoms with Crippen LogP contribution in [0.4, 0.5) is 5.69 Å². The second-order valence-corrected chi connectivity index (χ2v) is 5.30. The van der Waals surface area contributed by atoms with E-state index < -0.39 is 0 Å². The molecule has 1 amide bonds. The lowest BCUT2D eigenvalue weighted by Gasteiger charge is -2.17. The van der Waals surface area contributed by atoms with Gasteiger partial charge in [-0.1, -0.05) is 18.5 Å². The molecule has 1 aliphatic carbocycles. The minimum atomic E-state index is 0.00691. The molecule has 0 saturated heterocycles. The van der Waals surface area contributed by atoms with Gasteiger partial charge in [0.25, 0.3) is 5.91 Å². The first-order valence-electron chi connectivity index (χ1n) is 5.79. The predicted octanol–water partition coefficient (Wildman–Crippen LogP) is 2.65. The highest BCUT2D eigenvalue weighted by molar-refractivity contribution is 6.33. The summed E-state index contributed by atoms with van der Waals surface area (Å²) in [6.45, 7) is 3.03. The van der Waals surface area contributed by atoms with Gasteiger partial charge >= 0.3 is 0 Å². The Balaban J connectivity index is 2.05. The van der Waals surface area contributed by atoms with Crippen molar-refractivity contribution in [3.8, 4) is 0 Å². The lowest BCUT2D eigenvalue weighted by molar-refractivity contribution is 0.0787. The van der Waals surface area contributed by atoms with Crippen LogP contribution in [0.5, 0.6) is 0 Å². The topological polar surface area (TPSA) is 46.3 Å². The molecule has 0 aromatic heterocycles. The largest absolute Gasteiger partial charge is 0.398 e. The molecule has 1 fully saturated rings. The standard InChI is InChI=1S/C13H17ClN2O/c1-8-5-10(8)7-16(2)13(17)9-3-4-11(14)12(15)6-9/h3-4,6,8,10H,5,7,15H2,1-2H3. The number of amides is 1. The van der Waals surface area contributed by atoms with Crippen molar-refractivity contribution in [3.63, 3.8) is 0 Å². The fourth-order valence-corrected chi connectivity index (χ4v) is 2.10. The molecule has 1 saturated carbocycles. The third-order valence-corrected chi connectivity index (χ3v) is 3.72. The molecule has 1 aromatic carbocycles. The summed E-state index contributed by atoms with van der Waals surface area (Å²) in [6, 6.07) is 5.02. The Hall–Kier alpha value is -1.22. The first-order chi connectivity index (χ1) is 7.99. The number of nitrogens with two attached hydrogens (primary N) is 1. The second-order valence-electron chi connectivity index (χ2n) is 4.90. The zero-order chi connectivity index (χ0) is 12.6. The van der Waals surface area contributed by atoms with Crippen LogP contribution in [0.2, 0.25) is 5.02 Å². The average molecular weight is 253 g/mol. The zero-order valence-electron chi connectivity index (χ0n) is 10.1. The molecule has 1 aliphatic rings. The summed E-state index contributed by atoms with van der Waals surface area (Å²) < 4.78 is 0. The summed E-state index contributed by atoms with van der Waals surface area (Å²) >= 11 is 5.83. The SMILES string of the molecule is CC1CC1CN(C)C(=O)c1ccc(Cl)c(N)c1. The van der Waals surface area contributed by atoms with Crippen LogP contribution in [0, 0.1) is 11.8 Å². The summed E-state index contributed by atoms with van der Waals surface area (Å²) in [7, 11) is 1.83. The highest BCUT2D eigenvalue weighted by atomic mass is 35.5. The maximum absolute atomic E-state index is 12.1. The Morgan fingerprint density at radius 3 is 2.76 bits per heavy atom. The third-order valence-electron chi connectivity index (χ3n) is 3.37. The van der Waals surface area contributed by atoms with Gasteiger partial charge in [0.1, 0.15) is 0 Å². The van der Waals surface area contributed by atoms with Crippen LogP contribution in [0.25, 0.3) is 0 Å². The van der Waals surface area contributed by atoms with Gasteiger partial charge in [0, 0.05) is 19.2 Å². The van der Waals surface area contributed by atoms with Crippen LogP contribution in [-0.2, 0) is 0 Å². The number of nitrogen functional groups attached to an aromatic ring is 1. The molecule has 0 radical (unpaired) electrons. The summed E-state index contributed by atoms with van der Waals surface area (Å²) in [5, 5.41) is 0.486. The predicted molar refractivity (Wildman–Crippen MR) is 70.1 cm³/mol. The van der Waals surface area contributed by atoms with Crippen molar-refractivity contribution in [1.29, 1.82) is 0 Å². The summed E-state index contributed by atoms with van der Waals surface area (Å²) in [5.41, 5.74) is 6.74. The van der Waals surface area contributed by atoms with Gasteiger partial charge in [-0.25, -0.2) is 0 Å². The van der Waals surface area contributed by atoms with Gasteiger partial charge in [-0.2, -0.15) is 0 Å². The fraction of sp³-hybridized carbons (Fsp3) is 0.462. The normalized spacial score (nSPS) is 22.3. The smallest absolute Gasteiger partial charge is 0.253 e. The van der Waals surface area contributed by atoms with Crippen molar-refractivity contribution in [3.05, 3.63) is 28.8 Å². The number of halogens is 1. The minimum absolute atomic E-state index is 0.00691. The molecule has 92 valence electrons. The van der Waals surface area contributed by atoms with Crippen molar-refractivity contribution in [2.75, 3.05) is 19.3 Å². The van der Waals surface area contributed by atoms with Gasteiger partial charge in [-0.3, -0.25) is 4.79 Å². The van der Waals surface area contributed by atoms with Gasteiger partial charge < -0.3 is 10.6 Å². The van der Waals surface area contributed by atoms with Gasteiger partial charge in [-0.05, 0) is 36.5 Å². The molecule has 1 aromatic rings. The number of rotatable bonds is 3. The van der Waals surface area contributed by atoms with Crippen LogP contribution in [0.3, 0.4) is 0 Å². The molecule has 0 aliphatic heterocycles. The Morgan fingerprint density at radius 2 is 2.24 bits per heavy atom. The number of benzene rings is 1. The van der Waals surface area contributed by atoms with Crippen molar-refractivity contribution >= 4 is 23.2 Å². The van der Waals surface area contributed by atoms with Crippen LogP contribution < -0.4 is 5.73 Å². The van der Waals surface area contributed by atoms with Crippen LogP contribution in [0.15, 0.2) is 18.2 Å². The molecule has 0 spiro atoms. The van der Waals surface area contributed by atoms with E-state index in [4.69, 9.17) is 17.3 Å². The van der Waals surface area contributed by atoms with Gasteiger partial charge in [0.15, 0.2) is 0 Å². The van der Waals surface area contributed by atoms with E-state index in [2.05, 4.69) is 6.92 Å². The molecule has 2 atom stereocenters. The molecule has 17 heavy (non-hydrogen) atoms. The molecule has 3 nitrogen and oxygen atoms in total. The Kier molecular flexibility index (Phi) is 3.29. The quantitative estimate of drug-likeness (QED) is 0.841. The van der Waals surface area contributed by atoms with Crippen molar-refractivity contribution < 1.29 is 4.79 Å². The summed E-state index contributed by atoms with van der Waals surface area (Å²) in [4.78, 5) is 13.9. The van der Waals surface area contributed by atoms with E-state index in [9.17, 15) is 4.79 Å².